The summed E-state index contributed by atoms with van der Waals surface area (Å²) in [6, 6.07) is 24.1. The highest BCUT2D eigenvalue weighted by molar-refractivity contribution is 7.89. The summed E-state index contributed by atoms with van der Waals surface area (Å²) in [5.41, 5.74) is 9.90. The maximum atomic E-state index is 13.8. The van der Waals surface area contributed by atoms with Gasteiger partial charge in [-0.25, -0.2) is 13.4 Å². The molecule has 0 bridgehead atoms. The molecule has 0 saturated carbocycles. The van der Waals surface area contributed by atoms with Crippen molar-refractivity contribution in [2.75, 3.05) is 13.1 Å². The molecule has 0 saturated heterocycles. The maximum Gasteiger partial charge on any atom is 0.243 e. The van der Waals surface area contributed by atoms with Crippen LogP contribution in [0.3, 0.4) is 0 Å². The SMILES string of the molecule is Cc1nc2ccc(S(=O)(=O)N(CC(C)C)C[C@@H](O)[C@@H](N)Cc3ccccc3)cc2n1Cc1ccccc1. The van der Waals surface area contributed by atoms with Crippen LogP contribution in [-0.4, -0.2) is 52.6 Å². The standard InChI is InChI=1S/C29H36N4O3S/c1-21(2)18-32(20-29(34)26(30)16-23-10-6-4-7-11-23)37(35,36)25-14-15-27-28(17-25)33(22(3)31-27)19-24-12-8-5-9-13-24/h4-15,17,21,26,29,34H,16,18-20,30H2,1-3H3/t26-,29+/m0/s1. The van der Waals surface area contributed by atoms with Crippen molar-refractivity contribution >= 4 is 21.1 Å². The molecule has 0 spiro atoms. The average Bonchev–Trinajstić information content (AvgIpc) is 3.18. The minimum Gasteiger partial charge on any atom is -0.390 e. The number of imidazole rings is 1. The Hall–Kier alpha value is -3.04. The third-order valence-corrected chi connectivity index (χ3v) is 8.33. The van der Waals surface area contributed by atoms with Crippen LogP contribution in [0.1, 0.15) is 30.8 Å². The average molecular weight is 521 g/mol. The zero-order valence-electron chi connectivity index (χ0n) is 21.7. The molecule has 1 aromatic heterocycles. The van der Waals surface area contributed by atoms with Crippen molar-refractivity contribution in [3.05, 3.63) is 95.8 Å². The number of aliphatic hydroxyl groups is 1. The van der Waals surface area contributed by atoms with Crippen LogP contribution in [0.5, 0.6) is 0 Å². The molecule has 0 unspecified atom stereocenters. The number of benzene rings is 3. The molecule has 0 amide bonds. The first-order valence-electron chi connectivity index (χ1n) is 12.6. The molecule has 0 fully saturated rings. The number of nitrogens with zero attached hydrogens (tertiary/aromatic N) is 3. The molecular formula is C29H36N4O3S. The molecule has 4 rings (SSSR count). The van der Waals surface area contributed by atoms with Crippen LogP contribution >= 0.6 is 0 Å². The van der Waals surface area contributed by atoms with Gasteiger partial charge in [-0.3, -0.25) is 0 Å². The summed E-state index contributed by atoms with van der Waals surface area (Å²) >= 11 is 0. The monoisotopic (exact) mass is 520 g/mol. The molecule has 2 atom stereocenters. The molecule has 0 aliphatic heterocycles. The first-order valence-corrected chi connectivity index (χ1v) is 14.1. The van der Waals surface area contributed by atoms with Crippen molar-refractivity contribution in [3.63, 3.8) is 0 Å². The van der Waals surface area contributed by atoms with Crippen molar-refractivity contribution < 1.29 is 13.5 Å². The lowest BCUT2D eigenvalue weighted by Crippen LogP contribution is -2.47. The van der Waals surface area contributed by atoms with Gasteiger partial charge < -0.3 is 15.4 Å². The van der Waals surface area contributed by atoms with E-state index in [9.17, 15) is 13.5 Å². The van der Waals surface area contributed by atoms with Gasteiger partial charge in [0.05, 0.1) is 22.0 Å². The second kappa shape index (κ2) is 11.6. The van der Waals surface area contributed by atoms with Crippen molar-refractivity contribution in [3.8, 4) is 0 Å². The molecular weight excluding hydrogens is 484 g/mol. The highest BCUT2D eigenvalue weighted by Gasteiger charge is 2.30. The van der Waals surface area contributed by atoms with Gasteiger partial charge in [0.2, 0.25) is 10.0 Å². The van der Waals surface area contributed by atoms with E-state index >= 15 is 0 Å². The lowest BCUT2D eigenvalue weighted by molar-refractivity contribution is 0.116. The van der Waals surface area contributed by atoms with Crippen LogP contribution < -0.4 is 5.73 Å². The van der Waals surface area contributed by atoms with Crippen LogP contribution in [0.15, 0.2) is 83.8 Å². The lowest BCUT2D eigenvalue weighted by Gasteiger charge is -2.28. The van der Waals surface area contributed by atoms with Gasteiger partial charge in [0.15, 0.2) is 0 Å². The second-order valence-corrected chi connectivity index (χ2v) is 12.0. The number of aryl methyl sites for hydroxylation is 1. The van der Waals surface area contributed by atoms with Gasteiger partial charge in [0.1, 0.15) is 5.82 Å². The van der Waals surface area contributed by atoms with E-state index in [2.05, 4.69) is 4.98 Å². The Morgan fingerprint density at radius 1 is 0.946 bits per heavy atom. The van der Waals surface area contributed by atoms with Gasteiger partial charge in [-0.05, 0) is 48.6 Å². The van der Waals surface area contributed by atoms with E-state index in [0.717, 1.165) is 28.0 Å². The molecule has 3 N–H and O–H groups in total. The first-order chi connectivity index (χ1) is 17.6. The molecule has 8 heteroatoms. The first kappa shape index (κ1) is 27.0. The maximum absolute atomic E-state index is 13.8. The molecule has 0 aliphatic rings. The normalized spacial score (nSPS) is 13.9. The van der Waals surface area contributed by atoms with Crippen LogP contribution in [-0.2, 0) is 23.0 Å². The minimum atomic E-state index is -3.89. The predicted octanol–water partition coefficient (Wildman–Crippen LogP) is 3.97. The molecule has 0 aliphatic carbocycles. The van der Waals surface area contributed by atoms with Crippen LogP contribution in [0, 0.1) is 12.8 Å². The molecule has 0 radical (unpaired) electrons. The van der Waals surface area contributed by atoms with E-state index in [1.165, 1.54) is 4.31 Å². The van der Waals surface area contributed by atoms with Crippen molar-refractivity contribution in [2.24, 2.45) is 11.7 Å². The lowest BCUT2D eigenvalue weighted by atomic mass is 10.0. The third-order valence-electron chi connectivity index (χ3n) is 6.50. The highest BCUT2D eigenvalue weighted by Crippen LogP contribution is 2.25. The number of aliphatic hydroxyl groups excluding tert-OH is 1. The van der Waals surface area contributed by atoms with Gasteiger partial charge in [0, 0.05) is 25.7 Å². The minimum absolute atomic E-state index is 0.0712. The number of fused-ring (bicyclic) bond motifs is 1. The number of hydrogen-bond acceptors (Lipinski definition) is 5. The number of aromatic nitrogens is 2. The number of hydrogen-bond donors (Lipinski definition) is 2. The van der Waals surface area contributed by atoms with Crippen molar-refractivity contribution in [1.82, 2.24) is 13.9 Å². The summed E-state index contributed by atoms with van der Waals surface area (Å²) in [6.07, 6.45) is -0.551. The molecule has 7 nitrogen and oxygen atoms in total. The largest absolute Gasteiger partial charge is 0.390 e. The van der Waals surface area contributed by atoms with Crippen LogP contribution in [0.4, 0.5) is 0 Å². The number of sulfonamides is 1. The Bertz CT molecular complexity index is 1420. The van der Waals surface area contributed by atoms with Crippen molar-refractivity contribution in [1.29, 1.82) is 0 Å². The number of rotatable bonds is 11. The van der Waals surface area contributed by atoms with Crippen LogP contribution in [0.25, 0.3) is 11.0 Å². The van der Waals surface area contributed by atoms with Gasteiger partial charge in [0.25, 0.3) is 0 Å². The second-order valence-electron chi connectivity index (χ2n) is 10.0. The van der Waals surface area contributed by atoms with Gasteiger partial charge in [-0.2, -0.15) is 4.31 Å². The zero-order valence-corrected chi connectivity index (χ0v) is 22.5. The predicted molar refractivity (Wildman–Crippen MR) is 148 cm³/mol. The fraction of sp³-hybridized carbons (Fsp3) is 0.345. The molecule has 4 aromatic rings. The summed E-state index contributed by atoms with van der Waals surface area (Å²) in [5, 5.41) is 10.9. The van der Waals surface area contributed by atoms with E-state index in [1.807, 2.05) is 86.0 Å². The Labute approximate surface area is 219 Å². The van der Waals surface area contributed by atoms with E-state index in [1.54, 1.807) is 18.2 Å². The van der Waals surface area contributed by atoms with Gasteiger partial charge in [-0.1, -0.05) is 74.5 Å². The third kappa shape index (κ3) is 6.45. The van der Waals surface area contributed by atoms with Crippen molar-refractivity contribution in [2.45, 2.75) is 50.8 Å². The van der Waals surface area contributed by atoms with Crippen LogP contribution in [0.2, 0.25) is 0 Å². The fourth-order valence-electron chi connectivity index (χ4n) is 4.54. The summed E-state index contributed by atoms with van der Waals surface area (Å²) in [6.45, 7) is 6.63. The number of nitrogens with two attached hydrogens (primary N) is 1. The summed E-state index contributed by atoms with van der Waals surface area (Å²) < 4.78 is 31.1. The van der Waals surface area contributed by atoms with Gasteiger partial charge >= 0.3 is 0 Å². The summed E-state index contributed by atoms with van der Waals surface area (Å²) in [7, 11) is -3.89. The Balaban J connectivity index is 1.62. The molecule has 3 aromatic carbocycles. The summed E-state index contributed by atoms with van der Waals surface area (Å²) in [4.78, 5) is 4.81. The molecule has 37 heavy (non-hydrogen) atoms. The highest BCUT2D eigenvalue weighted by atomic mass is 32.2. The molecule has 1 heterocycles. The van der Waals surface area contributed by atoms with Gasteiger partial charge in [-0.15, -0.1) is 0 Å². The van der Waals surface area contributed by atoms with E-state index in [4.69, 9.17) is 5.73 Å². The Kier molecular flexibility index (Phi) is 8.44. The quantitative estimate of drug-likeness (QED) is 0.312. The summed E-state index contributed by atoms with van der Waals surface area (Å²) in [5.74, 6) is 0.886. The Morgan fingerprint density at radius 3 is 2.19 bits per heavy atom. The molecule has 196 valence electrons. The smallest absolute Gasteiger partial charge is 0.243 e. The zero-order chi connectivity index (χ0) is 26.6. The fourth-order valence-corrected chi connectivity index (χ4v) is 6.18. The van der Waals surface area contributed by atoms with E-state index in [-0.39, 0.29) is 23.9 Å². The topological polar surface area (TPSA) is 101 Å². The Morgan fingerprint density at radius 2 is 1.57 bits per heavy atom. The van der Waals surface area contributed by atoms with E-state index < -0.39 is 22.2 Å². The van der Waals surface area contributed by atoms with E-state index in [0.29, 0.717) is 13.0 Å².